The second-order valence-electron chi connectivity index (χ2n) is 6.96. The van der Waals surface area contributed by atoms with Gasteiger partial charge in [0.05, 0.1) is 37.8 Å². The number of likely N-dealkylation sites (tertiary alicyclic amines) is 1. The molecule has 7 nitrogen and oxygen atoms in total. The molecule has 0 bridgehead atoms. The van der Waals surface area contributed by atoms with E-state index in [2.05, 4.69) is 5.32 Å². The van der Waals surface area contributed by atoms with Crippen LogP contribution in [0.3, 0.4) is 0 Å². The number of ether oxygens (including phenoxy) is 1. The summed E-state index contributed by atoms with van der Waals surface area (Å²) in [5, 5.41) is 2.95. The highest BCUT2D eigenvalue weighted by Crippen LogP contribution is 2.26. The third-order valence-corrected chi connectivity index (χ3v) is 5.04. The summed E-state index contributed by atoms with van der Waals surface area (Å²) < 4.78 is 10.1. The summed E-state index contributed by atoms with van der Waals surface area (Å²) in [6.45, 7) is 2.38. The molecule has 148 valence electrons. The molecule has 0 saturated carbocycles. The van der Waals surface area contributed by atoms with Gasteiger partial charge in [-0.05, 0) is 24.6 Å². The fraction of sp³-hybridized carbons (Fsp3) is 0.381. The van der Waals surface area contributed by atoms with E-state index in [4.69, 9.17) is 9.15 Å². The second kappa shape index (κ2) is 8.73. The molecule has 1 aliphatic heterocycles. The van der Waals surface area contributed by atoms with E-state index in [0.29, 0.717) is 18.8 Å². The zero-order valence-electron chi connectivity index (χ0n) is 16.0. The molecule has 3 atom stereocenters. The number of carbonyl (C=O) groups excluding carboxylic acids is 3. The molecule has 0 aliphatic carbocycles. The molecule has 3 rings (SSSR count). The lowest BCUT2D eigenvalue weighted by Gasteiger charge is -2.25. The number of rotatable bonds is 7. The molecule has 2 heterocycles. The maximum atomic E-state index is 12.9. The number of methoxy groups -OCH3 is 1. The van der Waals surface area contributed by atoms with Crippen LogP contribution in [-0.2, 0) is 25.7 Å². The van der Waals surface area contributed by atoms with Crippen LogP contribution in [0.1, 0.15) is 30.7 Å². The molecule has 1 N–H and O–H groups in total. The quantitative estimate of drug-likeness (QED) is 0.740. The minimum Gasteiger partial charge on any atom is -0.469 e. The maximum Gasteiger partial charge on any atom is 0.310 e. The van der Waals surface area contributed by atoms with Crippen LogP contribution in [-0.4, -0.2) is 36.3 Å². The molecule has 1 aliphatic rings. The Morgan fingerprint density at radius 2 is 2.00 bits per heavy atom. The molecule has 1 aromatic carbocycles. The summed E-state index contributed by atoms with van der Waals surface area (Å²) in [6, 6.07) is 12.3. The molecule has 1 aromatic heterocycles. The van der Waals surface area contributed by atoms with Gasteiger partial charge in [-0.3, -0.25) is 14.4 Å². The van der Waals surface area contributed by atoms with Gasteiger partial charge in [-0.25, -0.2) is 0 Å². The largest absolute Gasteiger partial charge is 0.469 e. The topological polar surface area (TPSA) is 88.8 Å². The number of furan rings is 1. The van der Waals surface area contributed by atoms with Crippen molar-refractivity contribution in [1.82, 2.24) is 10.2 Å². The van der Waals surface area contributed by atoms with Gasteiger partial charge in [-0.15, -0.1) is 0 Å². The molecule has 2 aromatic rings. The van der Waals surface area contributed by atoms with Crippen LogP contribution in [0.25, 0.3) is 0 Å². The molecule has 0 radical (unpaired) electrons. The highest BCUT2D eigenvalue weighted by molar-refractivity contribution is 5.89. The molecular weight excluding hydrogens is 360 g/mol. The summed E-state index contributed by atoms with van der Waals surface area (Å²) in [5.74, 6) is -1.10. The first-order valence-corrected chi connectivity index (χ1v) is 9.23. The van der Waals surface area contributed by atoms with Gasteiger partial charge in [0, 0.05) is 13.0 Å². The fourth-order valence-corrected chi connectivity index (χ4v) is 3.44. The van der Waals surface area contributed by atoms with Crippen molar-refractivity contribution in [3.8, 4) is 0 Å². The Labute approximate surface area is 163 Å². The predicted octanol–water partition coefficient (Wildman–Crippen LogP) is 2.29. The number of carbonyl (C=O) groups is 3. The van der Waals surface area contributed by atoms with Crippen LogP contribution in [0.15, 0.2) is 53.1 Å². The van der Waals surface area contributed by atoms with Crippen molar-refractivity contribution in [1.29, 1.82) is 0 Å². The monoisotopic (exact) mass is 384 g/mol. The summed E-state index contributed by atoms with van der Waals surface area (Å²) in [7, 11) is 1.32. The number of nitrogens with zero attached hydrogens (tertiary/aromatic N) is 1. The van der Waals surface area contributed by atoms with E-state index >= 15 is 0 Å². The predicted molar refractivity (Wildman–Crippen MR) is 101 cm³/mol. The van der Waals surface area contributed by atoms with E-state index in [9.17, 15) is 14.4 Å². The number of benzene rings is 1. The zero-order chi connectivity index (χ0) is 20.1. The summed E-state index contributed by atoms with van der Waals surface area (Å²) in [6.07, 6.45) is 1.69. The average Bonchev–Trinajstić information content (AvgIpc) is 3.36. The van der Waals surface area contributed by atoms with E-state index < -0.39 is 23.8 Å². The van der Waals surface area contributed by atoms with Crippen molar-refractivity contribution in [3.05, 3.63) is 60.1 Å². The average molecular weight is 384 g/mol. The van der Waals surface area contributed by atoms with Gasteiger partial charge in [0.25, 0.3) is 0 Å². The van der Waals surface area contributed by atoms with Crippen molar-refractivity contribution >= 4 is 17.8 Å². The molecule has 2 amide bonds. The van der Waals surface area contributed by atoms with E-state index in [1.54, 1.807) is 30.2 Å². The van der Waals surface area contributed by atoms with E-state index in [-0.39, 0.29) is 18.2 Å². The van der Waals surface area contributed by atoms with E-state index in [1.165, 1.54) is 7.11 Å². The van der Waals surface area contributed by atoms with E-state index in [1.807, 2.05) is 30.3 Å². The summed E-state index contributed by atoms with van der Waals surface area (Å²) >= 11 is 0. The van der Waals surface area contributed by atoms with Crippen LogP contribution < -0.4 is 5.32 Å². The van der Waals surface area contributed by atoms with Gasteiger partial charge in [-0.2, -0.15) is 0 Å². The van der Waals surface area contributed by atoms with Crippen molar-refractivity contribution in [2.75, 3.05) is 13.7 Å². The Bertz CT molecular complexity index is 819. The Hall–Kier alpha value is -3.09. The number of esters is 1. The van der Waals surface area contributed by atoms with Crippen molar-refractivity contribution in [3.63, 3.8) is 0 Å². The number of hydrogen-bond donors (Lipinski definition) is 1. The van der Waals surface area contributed by atoms with Crippen LogP contribution in [0, 0.1) is 11.8 Å². The van der Waals surface area contributed by atoms with Crippen LogP contribution in [0.4, 0.5) is 0 Å². The van der Waals surface area contributed by atoms with Gasteiger partial charge in [0.2, 0.25) is 11.8 Å². The van der Waals surface area contributed by atoms with Crippen LogP contribution in [0.5, 0.6) is 0 Å². The molecule has 0 spiro atoms. The normalized spacial score (nSPS) is 18.6. The second-order valence-corrected chi connectivity index (χ2v) is 6.96. The molecule has 1 fully saturated rings. The smallest absolute Gasteiger partial charge is 0.310 e. The van der Waals surface area contributed by atoms with Gasteiger partial charge >= 0.3 is 5.97 Å². The van der Waals surface area contributed by atoms with Crippen LogP contribution >= 0.6 is 0 Å². The molecule has 28 heavy (non-hydrogen) atoms. The molecule has 7 heteroatoms. The third kappa shape index (κ3) is 4.42. The van der Waals surface area contributed by atoms with Crippen molar-refractivity contribution in [2.45, 2.75) is 25.9 Å². The minimum absolute atomic E-state index is 0.0890. The van der Waals surface area contributed by atoms with E-state index in [0.717, 1.165) is 5.56 Å². The van der Waals surface area contributed by atoms with Gasteiger partial charge in [-0.1, -0.05) is 30.3 Å². The minimum atomic E-state index is -0.562. The number of nitrogens with one attached hydrogen (secondary N) is 1. The lowest BCUT2D eigenvalue weighted by molar-refractivity contribution is -0.146. The summed E-state index contributed by atoms with van der Waals surface area (Å²) in [5.41, 5.74) is 0.811. The zero-order valence-corrected chi connectivity index (χ0v) is 16.0. The Morgan fingerprint density at radius 3 is 2.64 bits per heavy atom. The van der Waals surface area contributed by atoms with Gasteiger partial charge in [0.15, 0.2) is 0 Å². The highest BCUT2D eigenvalue weighted by atomic mass is 16.5. The fourth-order valence-electron chi connectivity index (χ4n) is 3.44. The van der Waals surface area contributed by atoms with Gasteiger partial charge in [0.1, 0.15) is 5.76 Å². The highest BCUT2D eigenvalue weighted by Gasteiger charge is 2.37. The summed E-state index contributed by atoms with van der Waals surface area (Å²) in [4.78, 5) is 38.8. The number of hydrogen-bond acceptors (Lipinski definition) is 5. The Balaban J connectivity index is 1.69. The third-order valence-electron chi connectivity index (χ3n) is 5.04. The standard InChI is InChI=1S/C21H24N2O5/c1-14(21(26)27-2)19(15-7-4-3-5-8-15)22-20(25)16-11-18(24)23(12-16)13-17-9-6-10-28-17/h3-10,14,16,19H,11-13H2,1-2H3,(H,22,25)/t14-,16+,19-/m1/s1. The molecular formula is C21H24N2O5. The first-order chi connectivity index (χ1) is 13.5. The first-order valence-electron chi connectivity index (χ1n) is 9.23. The first kappa shape index (κ1) is 19.7. The molecule has 0 unspecified atom stereocenters. The lowest BCUT2D eigenvalue weighted by Crippen LogP contribution is -2.40. The van der Waals surface area contributed by atoms with Crippen molar-refractivity contribution < 1.29 is 23.5 Å². The number of amides is 2. The SMILES string of the molecule is COC(=O)[C@H](C)[C@@H](NC(=O)[C@H]1CC(=O)N(Cc2ccco2)C1)c1ccccc1. The van der Waals surface area contributed by atoms with Crippen LogP contribution in [0.2, 0.25) is 0 Å². The molecule has 1 saturated heterocycles. The lowest BCUT2D eigenvalue weighted by atomic mass is 9.93. The Morgan fingerprint density at radius 1 is 1.25 bits per heavy atom. The van der Waals surface area contributed by atoms with Crippen molar-refractivity contribution in [2.24, 2.45) is 11.8 Å². The maximum absolute atomic E-state index is 12.9. The Kier molecular flexibility index (Phi) is 6.13. The van der Waals surface area contributed by atoms with Gasteiger partial charge < -0.3 is 19.4 Å².